The Morgan fingerprint density at radius 1 is 0.875 bits per heavy atom. The van der Waals surface area contributed by atoms with Gasteiger partial charge in [-0.15, -0.1) is 0 Å². The van der Waals surface area contributed by atoms with E-state index in [4.69, 9.17) is 13.9 Å². The van der Waals surface area contributed by atoms with Crippen LogP contribution in [0.4, 0.5) is 9.59 Å². The van der Waals surface area contributed by atoms with Crippen LogP contribution in [0.2, 0.25) is 0 Å². The summed E-state index contributed by atoms with van der Waals surface area (Å²) in [6.45, 7) is 7.30. The van der Waals surface area contributed by atoms with Gasteiger partial charge in [-0.05, 0) is 52.0 Å². The predicted molar refractivity (Wildman–Crippen MR) is 120 cm³/mol. The van der Waals surface area contributed by atoms with E-state index in [-0.39, 0.29) is 23.4 Å². The van der Waals surface area contributed by atoms with E-state index in [2.05, 4.69) is 15.6 Å². The highest BCUT2D eigenvalue weighted by Crippen LogP contribution is 2.33. The molecular formula is C23H23N3O6. The molecule has 4 rings (SSSR count). The van der Waals surface area contributed by atoms with Gasteiger partial charge < -0.3 is 29.5 Å². The van der Waals surface area contributed by atoms with E-state index < -0.39 is 12.2 Å². The SMILES string of the molecule is CC(C)NC(=O)Oc1ccc2c(c1)[nH]c(=O)c1c3ccc(OC(=O)NC(C)C)cc3oc21. The highest BCUT2D eigenvalue weighted by atomic mass is 16.6. The van der Waals surface area contributed by atoms with Crippen molar-refractivity contribution >= 4 is 45.0 Å². The Hall–Kier alpha value is -4.01. The first kappa shape index (κ1) is 21.2. The van der Waals surface area contributed by atoms with Crippen LogP contribution >= 0.6 is 0 Å². The number of carbonyl (C=O) groups excluding carboxylic acids is 2. The molecule has 0 saturated carbocycles. The Bertz CT molecular complexity index is 1400. The number of pyridine rings is 1. The van der Waals surface area contributed by atoms with Gasteiger partial charge in [0.05, 0.1) is 10.9 Å². The summed E-state index contributed by atoms with van der Waals surface area (Å²) >= 11 is 0. The van der Waals surface area contributed by atoms with E-state index in [1.807, 2.05) is 27.7 Å². The number of aromatic amines is 1. The smallest absolute Gasteiger partial charge is 0.412 e. The molecule has 0 bridgehead atoms. The van der Waals surface area contributed by atoms with Gasteiger partial charge in [0.15, 0.2) is 0 Å². The first-order chi connectivity index (χ1) is 15.2. The van der Waals surface area contributed by atoms with Crippen LogP contribution in [-0.4, -0.2) is 29.3 Å². The van der Waals surface area contributed by atoms with Gasteiger partial charge in [0.1, 0.15) is 22.7 Å². The van der Waals surface area contributed by atoms with Gasteiger partial charge in [0, 0.05) is 35.0 Å². The average molecular weight is 437 g/mol. The predicted octanol–water partition coefficient (Wildman–Crippen LogP) is 4.42. The minimum atomic E-state index is -0.583. The number of hydrogen-bond donors (Lipinski definition) is 3. The summed E-state index contributed by atoms with van der Waals surface area (Å²) < 4.78 is 16.5. The van der Waals surface area contributed by atoms with E-state index in [0.29, 0.717) is 38.6 Å². The Morgan fingerprint density at radius 2 is 1.44 bits per heavy atom. The number of H-pyrrole nitrogens is 1. The zero-order valence-electron chi connectivity index (χ0n) is 18.1. The molecule has 2 amide bonds. The van der Waals surface area contributed by atoms with Gasteiger partial charge in [0.2, 0.25) is 0 Å². The number of nitrogens with one attached hydrogen (secondary N) is 3. The molecule has 0 saturated heterocycles. The van der Waals surface area contributed by atoms with E-state index in [1.165, 1.54) is 0 Å². The van der Waals surface area contributed by atoms with Crippen molar-refractivity contribution in [3.05, 3.63) is 46.8 Å². The highest BCUT2D eigenvalue weighted by molar-refractivity contribution is 6.13. The molecule has 0 aliphatic rings. The zero-order valence-corrected chi connectivity index (χ0v) is 18.1. The number of amides is 2. The van der Waals surface area contributed by atoms with Crippen molar-refractivity contribution < 1.29 is 23.5 Å². The highest BCUT2D eigenvalue weighted by Gasteiger charge is 2.17. The zero-order chi connectivity index (χ0) is 23.0. The largest absolute Gasteiger partial charge is 0.455 e. The summed E-state index contributed by atoms with van der Waals surface area (Å²) in [5, 5.41) is 6.90. The minimum Gasteiger partial charge on any atom is -0.455 e. The van der Waals surface area contributed by atoms with E-state index in [1.54, 1.807) is 36.4 Å². The standard InChI is InChI=1S/C23H23N3O6/c1-11(2)24-22(28)30-13-5-7-15-17(9-13)26-21(27)19-16-8-6-14(10-18(16)32-20(15)19)31-23(29)25-12(3)4/h5-12H,1-4H3,(H,24,28)(H,25,29)(H,26,27). The van der Waals surface area contributed by atoms with Crippen molar-refractivity contribution in [3.8, 4) is 11.5 Å². The van der Waals surface area contributed by atoms with Gasteiger partial charge in [-0.2, -0.15) is 0 Å². The van der Waals surface area contributed by atoms with Crippen molar-refractivity contribution in [1.82, 2.24) is 15.6 Å². The van der Waals surface area contributed by atoms with Crippen LogP contribution in [0.5, 0.6) is 11.5 Å². The number of rotatable bonds is 4. The Kier molecular flexibility index (Phi) is 5.48. The third kappa shape index (κ3) is 4.22. The summed E-state index contributed by atoms with van der Waals surface area (Å²) in [5.74, 6) is 0.580. The molecule has 166 valence electrons. The summed E-state index contributed by atoms with van der Waals surface area (Å²) in [7, 11) is 0. The Labute approximate surface area is 182 Å². The second-order valence-electron chi connectivity index (χ2n) is 8.00. The molecule has 0 atom stereocenters. The summed E-state index contributed by atoms with van der Waals surface area (Å²) in [5.41, 5.74) is 0.913. The number of carbonyl (C=O) groups is 2. The van der Waals surface area contributed by atoms with Crippen LogP contribution in [0.3, 0.4) is 0 Å². The van der Waals surface area contributed by atoms with Crippen molar-refractivity contribution in [3.63, 3.8) is 0 Å². The van der Waals surface area contributed by atoms with Crippen molar-refractivity contribution in [2.24, 2.45) is 0 Å². The second-order valence-corrected chi connectivity index (χ2v) is 8.00. The number of aromatic nitrogens is 1. The fourth-order valence-electron chi connectivity index (χ4n) is 3.37. The number of ether oxygens (including phenoxy) is 2. The Balaban J connectivity index is 1.74. The minimum absolute atomic E-state index is 0.0623. The van der Waals surface area contributed by atoms with Crippen molar-refractivity contribution in [1.29, 1.82) is 0 Å². The molecule has 9 nitrogen and oxygen atoms in total. The average Bonchev–Trinajstić information content (AvgIpc) is 3.05. The molecular weight excluding hydrogens is 414 g/mol. The topological polar surface area (TPSA) is 123 Å². The maximum absolute atomic E-state index is 12.8. The normalized spacial score (nSPS) is 11.4. The monoisotopic (exact) mass is 437 g/mol. The van der Waals surface area contributed by atoms with Crippen molar-refractivity contribution in [2.75, 3.05) is 0 Å². The molecule has 3 N–H and O–H groups in total. The van der Waals surface area contributed by atoms with E-state index >= 15 is 0 Å². The molecule has 2 aromatic carbocycles. The van der Waals surface area contributed by atoms with Crippen molar-refractivity contribution in [2.45, 2.75) is 39.8 Å². The maximum atomic E-state index is 12.8. The molecule has 4 aromatic rings. The van der Waals surface area contributed by atoms with Crippen LogP contribution in [0.15, 0.2) is 45.6 Å². The Morgan fingerprint density at radius 3 is 2.03 bits per heavy atom. The first-order valence-corrected chi connectivity index (χ1v) is 10.2. The number of furan rings is 1. The van der Waals surface area contributed by atoms with Gasteiger partial charge in [-0.1, -0.05) is 0 Å². The lowest BCUT2D eigenvalue weighted by atomic mass is 10.1. The molecule has 0 unspecified atom stereocenters. The molecule has 9 heteroatoms. The van der Waals surface area contributed by atoms with Gasteiger partial charge in [-0.25, -0.2) is 9.59 Å². The molecule has 2 heterocycles. The lowest BCUT2D eigenvalue weighted by Crippen LogP contribution is -2.32. The maximum Gasteiger partial charge on any atom is 0.412 e. The number of benzene rings is 2. The second kappa shape index (κ2) is 8.26. The molecule has 2 aromatic heterocycles. The number of hydrogen-bond acceptors (Lipinski definition) is 6. The fourth-order valence-corrected chi connectivity index (χ4v) is 3.37. The van der Waals surface area contributed by atoms with Crippen LogP contribution < -0.4 is 25.7 Å². The lowest BCUT2D eigenvalue weighted by molar-refractivity contribution is 0.196. The van der Waals surface area contributed by atoms with Crippen LogP contribution in [0.25, 0.3) is 32.8 Å². The lowest BCUT2D eigenvalue weighted by Gasteiger charge is -2.09. The van der Waals surface area contributed by atoms with Gasteiger partial charge >= 0.3 is 12.2 Å². The first-order valence-electron chi connectivity index (χ1n) is 10.2. The molecule has 32 heavy (non-hydrogen) atoms. The third-order valence-electron chi connectivity index (χ3n) is 4.61. The van der Waals surface area contributed by atoms with Crippen LogP contribution in [0, 0.1) is 0 Å². The van der Waals surface area contributed by atoms with Gasteiger partial charge in [-0.3, -0.25) is 4.79 Å². The third-order valence-corrected chi connectivity index (χ3v) is 4.61. The van der Waals surface area contributed by atoms with Crippen LogP contribution in [0.1, 0.15) is 27.7 Å². The summed E-state index contributed by atoms with van der Waals surface area (Å²) in [6, 6.07) is 9.61. The quantitative estimate of drug-likeness (QED) is 0.434. The molecule has 0 radical (unpaired) electrons. The van der Waals surface area contributed by atoms with E-state index in [9.17, 15) is 14.4 Å². The molecule has 0 aliphatic heterocycles. The summed E-state index contributed by atoms with van der Waals surface area (Å²) in [6.07, 6.45) is -1.16. The number of fused-ring (bicyclic) bond motifs is 5. The molecule has 0 aliphatic carbocycles. The van der Waals surface area contributed by atoms with E-state index in [0.717, 1.165) is 0 Å². The summed E-state index contributed by atoms with van der Waals surface area (Å²) in [4.78, 5) is 39.3. The molecule has 0 fully saturated rings. The fraction of sp³-hybridized carbons (Fsp3) is 0.261. The van der Waals surface area contributed by atoms with Crippen LogP contribution in [-0.2, 0) is 0 Å². The molecule has 0 spiro atoms. The van der Waals surface area contributed by atoms with Gasteiger partial charge in [0.25, 0.3) is 5.56 Å².